The Bertz CT molecular complexity index is 760. The molecule has 2 fully saturated rings. The van der Waals surface area contributed by atoms with Crippen molar-refractivity contribution in [2.45, 2.75) is 64.1 Å². The standard InChI is InChI=1S/C26H37N3O/c1-30-26-13-5-8-22(16-26)18-28(19-23-9-6-14-27-17-23)20-24-10-7-15-29(21-24)25-11-3-2-4-12-25/h5-6,8-9,13-14,16-17,24-25H,2-4,7,10-12,15,18-21H2,1H3. The quantitative estimate of drug-likeness (QED) is 0.606. The van der Waals surface area contributed by atoms with Crippen molar-refractivity contribution in [3.63, 3.8) is 0 Å². The van der Waals surface area contributed by atoms with Crippen molar-refractivity contribution in [3.05, 3.63) is 59.9 Å². The van der Waals surface area contributed by atoms with Crippen molar-refractivity contribution in [1.82, 2.24) is 14.8 Å². The van der Waals surface area contributed by atoms with Crippen LogP contribution >= 0.6 is 0 Å². The van der Waals surface area contributed by atoms with Gasteiger partial charge < -0.3 is 9.64 Å². The molecule has 2 heterocycles. The van der Waals surface area contributed by atoms with Crippen LogP contribution in [0.4, 0.5) is 0 Å². The number of benzene rings is 1. The van der Waals surface area contributed by atoms with E-state index in [0.717, 1.165) is 37.3 Å². The number of piperidine rings is 1. The third kappa shape index (κ3) is 6.05. The molecular weight excluding hydrogens is 370 g/mol. The van der Waals surface area contributed by atoms with Gasteiger partial charge in [-0.1, -0.05) is 37.5 Å². The Kier molecular flexibility index (Phi) is 7.76. The Balaban J connectivity index is 1.43. The molecule has 2 aromatic rings. The summed E-state index contributed by atoms with van der Waals surface area (Å²) in [6.45, 7) is 5.62. The maximum absolute atomic E-state index is 5.45. The molecule has 4 nitrogen and oxygen atoms in total. The second kappa shape index (κ2) is 10.9. The van der Waals surface area contributed by atoms with Crippen LogP contribution in [0, 0.1) is 5.92 Å². The fraction of sp³-hybridized carbons (Fsp3) is 0.577. The minimum Gasteiger partial charge on any atom is -0.497 e. The molecule has 0 bridgehead atoms. The van der Waals surface area contributed by atoms with Gasteiger partial charge in [0.1, 0.15) is 5.75 Å². The van der Waals surface area contributed by atoms with E-state index in [2.05, 4.69) is 39.0 Å². The van der Waals surface area contributed by atoms with Gasteiger partial charge in [0, 0.05) is 44.6 Å². The molecule has 1 saturated heterocycles. The third-order valence-corrected chi connectivity index (χ3v) is 6.83. The maximum Gasteiger partial charge on any atom is 0.119 e. The van der Waals surface area contributed by atoms with E-state index < -0.39 is 0 Å². The van der Waals surface area contributed by atoms with E-state index >= 15 is 0 Å². The van der Waals surface area contributed by atoms with Crippen molar-refractivity contribution in [2.24, 2.45) is 5.92 Å². The van der Waals surface area contributed by atoms with Crippen LogP contribution < -0.4 is 4.74 Å². The Morgan fingerprint density at radius 1 is 1.00 bits per heavy atom. The predicted molar refractivity (Wildman–Crippen MR) is 123 cm³/mol. The molecule has 1 aromatic heterocycles. The molecule has 4 heteroatoms. The Hall–Kier alpha value is -1.91. The van der Waals surface area contributed by atoms with E-state index in [1.165, 1.54) is 69.2 Å². The second-order valence-corrected chi connectivity index (χ2v) is 9.18. The van der Waals surface area contributed by atoms with Crippen LogP contribution in [0.2, 0.25) is 0 Å². The normalized spacial score (nSPS) is 21.1. The molecular formula is C26H37N3O. The fourth-order valence-electron chi connectivity index (χ4n) is 5.35. The molecule has 0 N–H and O–H groups in total. The fourth-order valence-corrected chi connectivity index (χ4v) is 5.35. The zero-order valence-electron chi connectivity index (χ0n) is 18.5. The van der Waals surface area contributed by atoms with Gasteiger partial charge in [-0.2, -0.15) is 0 Å². The Morgan fingerprint density at radius 3 is 2.63 bits per heavy atom. The van der Waals surface area contributed by atoms with Crippen LogP contribution in [-0.2, 0) is 13.1 Å². The number of likely N-dealkylation sites (tertiary alicyclic amines) is 1. The first kappa shape index (κ1) is 21.3. The highest BCUT2D eigenvalue weighted by atomic mass is 16.5. The number of methoxy groups -OCH3 is 1. The zero-order chi connectivity index (χ0) is 20.6. The summed E-state index contributed by atoms with van der Waals surface area (Å²) in [6.07, 6.45) is 13.7. The van der Waals surface area contributed by atoms with Crippen LogP contribution in [0.15, 0.2) is 48.8 Å². The van der Waals surface area contributed by atoms with Crippen LogP contribution in [-0.4, -0.2) is 47.6 Å². The average Bonchev–Trinajstić information content (AvgIpc) is 2.80. The molecule has 0 amide bonds. The summed E-state index contributed by atoms with van der Waals surface area (Å²) in [5.41, 5.74) is 2.61. The van der Waals surface area contributed by atoms with Gasteiger partial charge in [0.15, 0.2) is 0 Å². The summed E-state index contributed by atoms with van der Waals surface area (Å²) in [7, 11) is 1.74. The summed E-state index contributed by atoms with van der Waals surface area (Å²) < 4.78 is 5.45. The molecule has 1 unspecified atom stereocenters. The zero-order valence-corrected chi connectivity index (χ0v) is 18.5. The lowest BCUT2D eigenvalue weighted by Gasteiger charge is -2.41. The van der Waals surface area contributed by atoms with Crippen LogP contribution in [0.1, 0.15) is 56.1 Å². The molecule has 1 aliphatic heterocycles. The van der Waals surface area contributed by atoms with Gasteiger partial charge in [-0.05, 0) is 67.5 Å². The Morgan fingerprint density at radius 2 is 1.83 bits per heavy atom. The topological polar surface area (TPSA) is 28.6 Å². The van der Waals surface area contributed by atoms with Crippen molar-refractivity contribution in [3.8, 4) is 5.75 Å². The van der Waals surface area contributed by atoms with Gasteiger partial charge >= 0.3 is 0 Å². The molecule has 4 rings (SSSR count). The molecule has 162 valence electrons. The monoisotopic (exact) mass is 407 g/mol. The van der Waals surface area contributed by atoms with Crippen LogP contribution in [0.25, 0.3) is 0 Å². The van der Waals surface area contributed by atoms with Crippen LogP contribution in [0.3, 0.4) is 0 Å². The second-order valence-electron chi connectivity index (χ2n) is 9.18. The van der Waals surface area contributed by atoms with Gasteiger partial charge in [-0.15, -0.1) is 0 Å². The number of ether oxygens (including phenoxy) is 1. The van der Waals surface area contributed by atoms with Gasteiger partial charge in [-0.3, -0.25) is 9.88 Å². The van der Waals surface area contributed by atoms with E-state index in [4.69, 9.17) is 4.74 Å². The molecule has 1 saturated carbocycles. The summed E-state index contributed by atoms with van der Waals surface area (Å²) in [6, 6.07) is 13.6. The molecule has 0 spiro atoms. The number of aromatic nitrogens is 1. The number of hydrogen-bond donors (Lipinski definition) is 0. The smallest absolute Gasteiger partial charge is 0.119 e. The lowest BCUT2D eigenvalue weighted by atomic mass is 9.90. The van der Waals surface area contributed by atoms with E-state index in [1.54, 1.807) is 7.11 Å². The molecule has 1 aromatic carbocycles. The first-order valence-corrected chi connectivity index (χ1v) is 11.8. The lowest BCUT2D eigenvalue weighted by molar-refractivity contribution is 0.0771. The largest absolute Gasteiger partial charge is 0.497 e. The van der Waals surface area contributed by atoms with E-state index in [1.807, 2.05) is 24.5 Å². The van der Waals surface area contributed by atoms with Gasteiger partial charge in [0.2, 0.25) is 0 Å². The highest BCUT2D eigenvalue weighted by Gasteiger charge is 2.28. The minimum absolute atomic E-state index is 0.753. The van der Waals surface area contributed by atoms with Gasteiger partial charge in [0.05, 0.1) is 7.11 Å². The number of rotatable bonds is 8. The van der Waals surface area contributed by atoms with E-state index in [-0.39, 0.29) is 0 Å². The van der Waals surface area contributed by atoms with E-state index in [9.17, 15) is 0 Å². The summed E-state index contributed by atoms with van der Waals surface area (Å²) in [4.78, 5) is 9.77. The minimum atomic E-state index is 0.753. The molecule has 0 radical (unpaired) electrons. The molecule has 2 aliphatic rings. The number of nitrogens with zero attached hydrogens (tertiary/aromatic N) is 3. The SMILES string of the molecule is COc1cccc(CN(Cc2cccnc2)CC2CCCN(C3CCCCC3)C2)c1. The first-order valence-electron chi connectivity index (χ1n) is 11.8. The maximum atomic E-state index is 5.45. The average molecular weight is 408 g/mol. The number of pyridine rings is 1. The predicted octanol–water partition coefficient (Wildman–Crippen LogP) is 5.14. The first-order chi connectivity index (χ1) is 14.8. The highest BCUT2D eigenvalue weighted by molar-refractivity contribution is 5.28. The summed E-state index contributed by atoms with van der Waals surface area (Å²) in [5, 5.41) is 0. The molecule has 1 atom stereocenters. The van der Waals surface area contributed by atoms with E-state index in [0.29, 0.717) is 0 Å². The van der Waals surface area contributed by atoms with Crippen LogP contribution in [0.5, 0.6) is 5.75 Å². The molecule has 30 heavy (non-hydrogen) atoms. The molecule has 1 aliphatic carbocycles. The summed E-state index contributed by atoms with van der Waals surface area (Å²) in [5.74, 6) is 1.69. The lowest BCUT2D eigenvalue weighted by Crippen LogP contribution is -2.46. The van der Waals surface area contributed by atoms with Crippen molar-refractivity contribution < 1.29 is 4.74 Å². The van der Waals surface area contributed by atoms with Crippen molar-refractivity contribution >= 4 is 0 Å². The van der Waals surface area contributed by atoms with Gasteiger partial charge in [-0.25, -0.2) is 0 Å². The third-order valence-electron chi connectivity index (χ3n) is 6.83. The summed E-state index contributed by atoms with van der Waals surface area (Å²) >= 11 is 0. The van der Waals surface area contributed by atoms with Crippen molar-refractivity contribution in [2.75, 3.05) is 26.7 Å². The Labute approximate surface area is 182 Å². The highest BCUT2D eigenvalue weighted by Crippen LogP contribution is 2.28. The van der Waals surface area contributed by atoms with Crippen molar-refractivity contribution in [1.29, 1.82) is 0 Å². The van der Waals surface area contributed by atoms with Gasteiger partial charge in [0.25, 0.3) is 0 Å². The number of hydrogen-bond acceptors (Lipinski definition) is 4.